The molecule has 0 saturated heterocycles. The zero-order valence-corrected chi connectivity index (χ0v) is 13.8. The van der Waals surface area contributed by atoms with E-state index in [0.717, 1.165) is 27.7 Å². The van der Waals surface area contributed by atoms with Crippen LogP contribution in [0.25, 0.3) is 10.9 Å². The first-order valence-electron chi connectivity index (χ1n) is 8.00. The highest BCUT2D eigenvalue weighted by Gasteiger charge is 2.05. The summed E-state index contributed by atoms with van der Waals surface area (Å²) in [5.41, 5.74) is 4.47. The lowest BCUT2D eigenvalue weighted by molar-refractivity contribution is -0.116. The molecule has 4 heteroatoms. The summed E-state index contributed by atoms with van der Waals surface area (Å²) in [5, 5.41) is 3.91. The molecule has 0 radical (unpaired) electrons. The number of aromatic nitrogens is 1. The molecule has 0 saturated carbocycles. The monoisotopic (exact) mass is 320 g/mol. The van der Waals surface area contributed by atoms with Gasteiger partial charge >= 0.3 is 0 Å². The van der Waals surface area contributed by atoms with E-state index < -0.39 is 0 Å². The highest BCUT2D eigenvalue weighted by molar-refractivity contribution is 5.91. The molecule has 2 aromatic carbocycles. The molecule has 3 aromatic rings. The van der Waals surface area contributed by atoms with Crippen molar-refractivity contribution in [1.82, 2.24) is 4.98 Å². The Morgan fingerprint density at radius 2 is 1.92 bits per heavy atom. The Hall–Kier alpha value is -2.88. The van der Waals surface area contributed by atoms with Crippen LogP contribution in [0.5, 0.6) is 0 Å². The van der Waals surface area contributed by atoms with Gasteiger partial charge in [-0.25, -0.2) is 0 Å². The fraction of sp³-hybridized carbons (Fsp3) is 0.200. The number of amides is 1. The lowest BCUT2D eigenvalue weighted by atomic mass is 10.1. The van der Waals surface area contributed by atoms with Crippen LogP contribution in [0.2, 0.25) is 0 Å². The first-order chi connectivity index (χ1) is 11.5. The van der Waals surface area contributed by atoms with Gasteiger partial charge in [0.05, 0.1) is 0 Å². The van der Waals surface area contributed by atoms with Crippen molar-refractivity contribution < 1.29 is 4.79 Å². The number of aryl methyl sites for hydroxylation is 3. The third-order valence-corrected chi connectivity index (χ3v) is 4.04. The number of hydrogen-bond acceptors (Lipinski definition) is 2. The molecule has 0 unspecified atom stereocenters. The SMILES string of the molecule is Cc1cccc(NC(=O)CCc2ccc3[nH]c(=O)c(C)cc3c2)c1. The average Bonchev–Trinajstić information content (AvgIpc) is 2.54. The lowest BCUT2D eigenvalue weighted by Gasteiger charge is -2.07. The van der Waals surface area contributed by atoms with Gasteiger partial charge in [-0.1, -0.05) is 18.2 Å². The Balaban J connectivity index is 1.67. The molecule has 1 heterocycles. The predicted molar refractivity (Wildman–Crippen MR) is 97.4 cm³/mol. The highest BCUT2D eigenvalue weighted by atomic mass is 16.1. The molecule has 0 spiro atoms. The van der Waals surface area contributed by atoms with Gasteiger partial charge in [-0.05, 0) is 67.1 Å². The van der Waals surface area contributed by atoms with Crippen molar-refractivity contribution in [2.24, 2.45) is 0 Å². The van der Waals surface area contributed by atoms with E-state index in [4.69, 9.17) is 0 Å². The third-order valence-electron chi connectivity index (χ3n) is 4.04. The second kappa shape index (κ2) is 6.71. The van der Waals surface area contributed by atoms with Gasteiger partial charge in [0.15, 0.2) is 0 Å². The van der Waals surface area contributed by atoms with E-state index in [1.165, 1.54) is 0 Å². The molecule has 0 bridgehead atoms. The van der Waals surface area contributed by atoms with E-state index in [9.17, 15) is 9.59 Å². The lowest BCUT2D eigenvalue weighted by Crippen LogP contribution is -2.12. The molecule has 0 atom stereocenters. The maximum atomic E-state index is 12.1. The number of carbonyl (C=O) groups is 1. The van der Waals surface area contributed by atoms with E-state index in [-0.39, 0.29) is 11.5 Å². The number of hydrogen-bond donors (Lipinski definition) is 2. The predicted octanol–water partition coefficient (Wildman–Crippen LogP) is 3.72. The van der Waals surface area contributed by atoms with E-state index >= 15 is 0 Å². The Labute approximate surface area is 140 Å². The first kappa shape index (κ1) is 16.0. The number of nitrogens with one attached hydrogen (secondary N) is 2. The minimum absolute atomic E-state index is 0.00153. The minimum Gasteiger partial charge on any atom is -0.326 e. The molecule has 3 rings (SSSR count). The van der Waals surface area contributed by atoms with Crippen LogP contribution in [-0.4, -0.2) is 10.9 Å². The molecule has 1 aromatic heterocycles. The van der Waals surface area contributed by atoms with Gasteiger partial charge in [0, 0.05) is 23.2 Å². The second-order valence-corrected chi connectivity index (χ2v) is 6.12. The van der Waals surface area contributed by atoms with Crippen molar-refractivity contribution in [1.29, 1.82) is 0 Å². The molecule has 4 nitrogen and oxygen atoms in total. The highest BCUT2D eigenvalue weighted by Crippen LogP contribution is 2.16. The summed E-state index contributed by atoms with van der Waals surface area (Å²) in [6.45, 7) is 3.79. The summed E-state index contributed by atoms with van der Waals surface area (Å²) < 4.78 is 0. The molecular weight excluding hydrogens is 300 g/mol. The van der Waals surface area contributed by atoms with Crippen LogP contribution < -0.4 is 10.9 Å². The van der Waals surface area contributed by atoms with Gasteiger partial charge < -0.3 is 10.3 Å². The maximum absolute atomic E-state index is 12.1. The molecule has 0 aliphatic carbocycles. The minimum atomic E-state index is -0.0622. The van der Waals surface area contributed by atoms with Crippen LogP contribution in [-0.2, 0) is 11.2 Å². The molecule has 2 N–H and O–H groups in total. The molecule has 0 fully saturated rings. The van der Waals surface area contributed by atoms with Crippen molar-refractivity contribution in [2.75, 3.05) is 5.32 Å². The van der Waals surface area contributed by atoms with Crippen molar-refractivity contribution in [2.45, 2.75) is 26.7 Å². The van der Waals surface area contributed by atoms with Crippen LogP contribution in [0, 0.1) is 13.8 Å². The zero-order valence-electron chi connectivity index (χ0n) is 13.8. The maximum Gasteiger partial charge on any atom is 0.251 e. The van der Waals surface area contributed by atoms with E-state index in [2.05, 4.69) is 10.3 Å². The van der Waals surface area contributed by atoms with Crippen LogP contribution >= 0.6 is 0 Å². The van der Waals surface area contributed by atoms with E-state index in [1.54, 1.807) is 6.92 Å². The smallest absolute Gasteiger partial charge is 0.251 e. The Morgan fingerprint density at radius 3 is 2.71 bits per heavy atom. The Kier molecular flexibility index (Phi) is 4.47. The van der Waals surface area contributed by atoms with Gasteiger partial charge in [-0.15, -0.1) is 0 Å². The van der Waals surface area contributed by atoms with Gasteiger partial charge in [-0.2, -0.15) is 0 Å². The summed E-state index contributed by atoms with van der Waals surface area (Å²) in [5.74, 6) is -0.00153. The fourth-order valence-corrected chi connectivity index (χ4v) is 2.72. The summed E-state index contributed by atoms with van der Waals surface area (Å²) >= 11 is 0. The molecule has 24 heavy (non-hydrogen) atoms. The standard InChI is InChI=1S/C20H20N2O2/c1-13-4-3-5-17(10-13)21-19(23)9-7-15-6-8-18-16(12-15)11-14(2)20(24)22-18/h3-6,8,10-12H,7,9H2,1-2H3,(H,21,23)(H,22,24). The summed E-state index contributed by atoms with van der Waals surface area (Å²) in [4.78, 5) is 26.6. The normalized spacial score (nSPS) is 10.8. The van der Waals surface area contributed by atoms with Crippen molar-refractivity contribution in [3.8, 4) is 0 Å². The molecular formula is C20H20N2O2. The fourth-order valence-electron chi connectivity index (χ4n) is 2.72. The Morgan fingerprint density at radius 1 is 1.08 bits per heavy atom. The summed E-state index contributed by atoms with van der Waals surface area (Å²) in [7, 11) is 0. The van der Waals surface area contributed by atoms with E-state index in [1.807, 2.05) is 55.5 Å². The van der Waals surface area contributed by atoms with Gasteiger partial charge in [0.1, 0.15) is 0 Å². The summed E-state index contributed by atoms with van der Waals surface area (Å²) in [6, 6.07) is 15.5. The zero-order chi connectivity index (χ0) is 17.1. The molecule has 0 aliphatic rings. The number of benzene rings is 2. The van der Waals surface area contributed by atoms with Gasteiger partial charge in [0.2, 0.25) is 5.91 Å². The van der Waals surface area contributed by atoms with Gasteiger partial charge in [0.25, 0.3) is 5.56 Å². The number of H-pyrrole nitrogens is 1. The number of carbonyl (C=O) groups excluding carboxylic acids is 1. The number of rotatable bonds is 4. The number of pyridine rings is 1. The van der Waals surface area contributed by atoms with Crippen LogP contribution in [0.15, 0.2) is 53.3 Å². The number of anilines is 1. The van der Waals surface area contributed by atoms with Crippen LogP contribution in [0.3, 0.4) is 0 Å². The molecule has 1 amide bonds. The van der Waals surface area contributed by atoms with Crippen LogP contribution in [0.1, 0.15) is 23.1 Å². The molecule has 0 aliphatic heterocycles. The van der Waals surface area contributed by atoms with Crippen molar-refractivity contribution >= 4 is 22.5 Å². The van der Waals surface area contributed by atoms with E-state index in [0.29, 0.717) is 18.4 Å². The van der Waals surface area contributed by atoms with Gasteiger partial charge in [-0.3, -0.25) is 9.59 Å². The number of aromatic amines is 1. The largest absolute Gasteiger partial charge is 0.326 e. The third kappa shape index (κ3) is 3.71. The second-order valence-electron chi connectivity index (χ2n) is 6.12. The van der Waals surface area contributed by atoms with Crippen molar-refractivity contribution in [3.05, 3.63) is 75.6 Å². The quantitative estimate of drug-likeness (QED) is 0.769. The summed E-state index contributed by atoms with van der Waals surface area (Å²) in [6.07, 6.45) is 1.08. The first-order valence-corrected chi connectivity index (χ1v) is 8.00. The molecule has 122 valence electrons. The number of fused-ring (bicyclic) bond motifs is 1. The average molecular weight is 320 g/mol. The van der Waals surface area contributed by atoms with Crippen molar-refractivity contribution in [3.63, 3.8) is 0 Å². The Bertz CT molecular complexity index is 957. The van der Waals surface area contributed by atoms with Crippen LogP contribution in [0.4, 0.5) is 5.69 Å². The topological polar surface area (TPSA) is 62.0 Å².